The first kappa shape index (κ1) is 16.5. The van der Waals surface area contributed by atoms with Crippen LogP contribution in [0.2, 0.25) is 0 Å². The van der Waals surface area contributed by atoms with E-state index in [9.17, 15) is 9.18 Å². The van der Waals surface area contributed by atoms with Crippen molar-refractivity contribution in [1.29, 1.82) is 0 Å². The Labute approximate surface area is 149 Å². The summed E-state index contributed by atoms with van der Waals surface area (Å²) in [6.45, 7) is 2.63. The smallest absolute Gasteiger partial charge is 0.293 e. The summed E-state index contributed by atoms with van der Waals surface area (Å²) in [5.41, 5.74) is 2.06. The third-order valence-electron chi connectivity index (χ3n) is 4.64. The van der Waals surface area contributed by atoms with Gasteiger partial charge in [0.1, 0.15) is 11.5 Å². The highest BCUT2D eigenvalue weighted by Crippen LogP contribution is 2.34. The van der Waals surface area contributed by atoms with Gasteiger partial charge in [-0.05, 0) is 43.5 Å². The second kappa shape index (κ2) is 6.74. The van der Waals surface area contributed by atoms with Crippen molar-refractivity contribution in [2.24, 2.45) is 0 Å². The zero-order chi connectivity index (χ0) is 18.1. The molecule has 0 bridgehead atoms. The third kappa shape index (κ3) is 3.00. The van der Waals surface area contributed by atoms with Gasteiger partial charge in [-0.15, -0.1) is 0 Å². The van der Waals surface area contributed by atoms with Gasteiger partial charge in [-0.2, -0.15) is 0 Å². The minimum atomic E-state index is -0.327. The van der Waals surface area contributed by atoms with E-state index < -0.39 is 0 Å². The maximum atomic E-state index is 13.1. The molecule has 2 aromatic heterocycles. The molecule has 4 rings (SSSR count). The van der Waals surface area contributed by atoms with Crippen LogP contribution in [0.15, 0.2) is 45.4 Å². The van der Waals surface area contributed by atoms with Gasteiger partial charge < -0.3 is 13.9 Å². The lowest BCUT2D eigenvalue weighted by molar-refractivity contribution is 0.0672. The minimum absolute atomic E-state index is 0.144. The molecule has 7 heteroatoms. The normalized spacial score (nSPS) is 17.0. The van der Waals surface area contributed by atoms with Crippen molar-refractivity contribution in [2.75, 3.05) is 6.54 Å². The van der Waals surface area contributed by atoms with Gasteiger partial charge in [-0.25, -0.2) is 4.39 Å². The van der Waals surface area contributed by atoms with Gasteiger partial charge in [0.2, 0.25) is 5.76 Å². The molecule has 1 atom stereocenters. The molecule has 26 heavy (non-hydrogen) atoms. The first-order valence-corrected chi connectivity index (χ1v) is 8.65. The fourth-order valence-electron chi connectivity index (χ4n) is 3.23. The number of aromatic nitrogens is 2. The number of amides is 1. The van der Waals surface area contributed by atoms with Crippen LogP contribution in [0, 0.1) is 5.82 Å². The molecule has 0 saturated carbocycles. The summed E-state index contributed by atoms with van der Waals surface area (Å²) in [5.74, 6) is 0.298. The van der Waals surface area contributed by atoms with E-state index in [-0.39, 0.29) is 23.5 Å². The molecule has 1 aromatic carbocycles. The molecular weight excluding hydrogens is 337 g/mol. The van der Waals surface area contributed by atoms with Crippen molar-refractivity contribution >= 4 is 5.91 Å². The van der Waals surface area contributed by atoms with Crippen LogP contribution in [0.4, 0.5) is 4.39 Å². The van der Waals surface area contributed by atoms with E-state index >= 15 is 0 Å². The van der Waals surface area contributed by atoms with Crippen LogP contribution in [0.1, 0.15) is 47.8 Å². The van der Waals surface area contributed by atoms with Gasteiger partial charge in [0.15, 0.2) is 5.76 Å². The number of hydrogen-bond donors (Lipinski definition) is 0. The summed E-state index contributed by atoms with van der Waals surface area (Å²) in [5, 5.41) is 7.96. The number of carbonyl (C=O) groups is 1. The third-order valence-corrected chi connectivity index (χ3v) is 4.64. The summed E-state index contributed by atoms with van der Waals surface area (Å²) in [6.07, 6.45) is 2.49. The molecule has 3 aromatic rings. The largest absolute Gasteiger partial charge is 0.359 e. The Hall–Kier alpha value is -2.96. The molecule has 134 valence electrons. The molecule has 0 spiro atoms. The molecule has 1 aliphatic heterocycles. The van der Waals surface area contributed by atoms with E-state index in [2.05, 4.69) is 10.3 Å². The Kier molecular flexibility index (Phi) is 4.28. The van der Waals surface area contributed by atoms with E-state index in [1.807, 2.05) is 13.0 Å². The topological polar surface area (TPSA) is 72.4 Å². The van der Waals surface area contributed by atoms with Crippen molar-refractivity contribution < 1.29 is 18.2 Å². The highest BCUT2D eigenvalue weighted by molar-refractivity contribution is 5.92. The molecule has 6 nitrogen and oxygen atoms in total. The second-order valence-corrected chi connectivity index (χ2v) is 6.31. The van der Waals surface area contributed by atoms with E-state index in [1.54, 1.807) is 23.1 Å². The average molecular weight is 355 g/mol. The molecule has 1 fully saturated rings. The van der Waals surface area contributed by atoms with Gasteiger partial charge in [0, 0.05) is 24.2 Å². The molecule has 0 unspecified atom stereocenters. The van der Waals surface area contributed by atoms with Gasteiger partial charge in [-0.3, -0.25) is 4.79 Å². The van der Waals surface area contributed by atoms with Crippen molar-refractivity contribution in [1.82, 2.24) is 15.2 Å². The van der Waals surface area contributed by atoms with Crippen molar-refractivity contribution in [2.45, 2.75) is 32.2 Å². The Balaban J connectivity index is 1.56. The van der Waals surface area contributed by atoms with Crippen molar-refractivity contribution in [3.05, 3.63) is 59.4 Å². The van der Waals surface area contributed by atoms with Crippen LogP contribution < -0.4 is 0 Å². The van der Waals surface area contributed by atoms with Gasteiger partial charge in [0.25, 0.3) is 5.91 Å². The standard InChI is InChI=1S/C19H18FN3O3/c1-2-14-10-17(25-21-14)16-4-3-9-23(16)19(24)18-11-15(22-26-18)12-5-7-13(20)8-6-12/h5-8,10-11,16H,2-4,9H2,1H3/t16-/m1/s1. The van der Waals surface area contributed by atoms with Crippen LogP contribution in [-0.2, 0) is 6.42 Å². The van der Waals surface area contributed by atoms with Crippen molar-refractivity contribution in [3.8, 4) is 11.3 Å². The number of benzene rings is 1. The number of halogens is 1. The quantitative estimate of drug-likeness (QED) is 0.707. The summed E-state index contributed by atoms with van der Waals surface area (Å²) >= 11 is 0. The summed E-state index contributed by atoms with van der Waals surface area (Å²) < 4.78 is 23.7. The molecule has 3 heterocycles. The lowest BCUT2D eigenvalue weighted by Crippen LogP contribution is -2.30. The zero-order valence-electron chi connectivity index (χ0n) is 14.3. The lowest BCUT2D eigenvalue weighted by atomic mass is 10.1. The molecule has 1 amide bonds. The van der Waals surface area contributed by atoms with Gasteiger partial charge >= 0.3 is 0 Å². The van der Waals surface area contributed by atoms with Gasteiger partial charge in [-0.1, -0.05) is 17.2 Å². The van der Waals surface area contributed by atoms with E-state index in [1.165, 1.54) is 12.1 Å². The maximum absolute atomic E-state index is 13.1. The summed E-state index contributed by atoms with van der Waals surface area (Å²) in [7, 11) is 0. The Morgan fingerprint density at radius 2 is 2.04 bits per heavy atom. The predicted molar refractivity (Wildman–Crippen MR) is 90.8 cm³/mol. The maximum Gasteiger partial charge on any atom is 0.293 e. The Morgan fingerprint density at radius 1 is 1.23 bits per heavy atom. The SMILES string of the molecule is CCc1cc([C@H]2CCCN2C(=O)c2cc(-c3ccc(F)cc3)no2)on1. The fraction of sp³-hybridized carbons (Fsp3) is 0.316. The highest BCUT2D eigenvalue weighted by atomic mass is 19.1. The number of hydrogen-bond acceptors (Lipinski definition) is 5. The molecular formula is C19H18FN3O3. The zero-order valence-corrected chi connectivity index (χ0v) is 14.3. The van der Waals surface area contributed by atoms with Crippen molar-refractivity contribution in [3.63, 3.8) is 0 Å². The Morgan fingerprint density at radius 3 is 2.77 bits per heavy atom. The average Bonchev–Trinajstić information content (AvgIpc) is 3.40. The number of aryl methyl sites for hydroxylation is 1. The molecule has 0 aliphatic carbocycles. The minimum Gasteiger partial charge on any atom is -0.359 e. The van der Waals surface area contributed by atoms with E-state index in [0.29, 0.717) is 23.6 Å². The molecule has 1 saturated heterocycles. The van der Waals surface area contributed by atoms with E-state index in [4.69, 9.17) is 9.05 Å². The van der Waals surface area contributed by atoms with Crippen LogP contribution in [0.5, 0.6) is 0 Å². The first-order valence-electron chi connectivity index (χ1n) is 8.65. The first-order chi connectivity index (χ1) is 12.7. The molecule has 1 aliphatic rings. The van der Waals surface area contributed by atoms with Crippen LogP contribution in [0.3, 0.4) is 0 Å². The van der Waals surface area contributed by atoms with Gasteiger partial charge in [0.05, 0.1) is 11.7 Å². The molecule has 0 N–H and O–H groups in total. The van der Waals surface area contributed by atoms with Crippen LogP contribution in [0.25, 0.3) is 11.3 Å². The second-order valence-electron chi connectivity index (χ2n) is 6.31. The fourth-order valence-corrected chi connectivity index (χ4v) is 3.23. The highest BCUT2D eigenvalue weighted by Gasteiger charge is 2.35. The molecule has 0 radical (unpaired) electrons. The van der Waals surface area contributed by atoms with Crippen LogP contribution >= 0.6 is 0 Å². The predicted octanol–water partition coefficient (Wildman–Crippen LogP) is 4.01. The lowest BCUT2D eigenvalue weighted by Gasteiger charge is -2.20. The summed E-state index contributed by atoms with van der Waals surface area (Å²) in [4.78, 5) is 14.6. The number of nitrogens with zero attached hydrogens (tertiary/aromatic N) is 3. The number of likely N-dealkylation sites (tertiary alicyclic amines) is 1. The number of carbonyl (C=O) groups excluding carboxylic acids is 1. The number of rotatable bonds is 4. The Bertz CT molecular complexity index is 916. The monoisotopic (exact) mass is 355 g/mol. The summed E-state index contributed by atoms with van der Waals surface area (Å²) in [6, 6.07) is 9.23. The van der Waals surface area contributed by atoms with Crippen LogP contribution in [-0.4, -0.2) is 27.7 Å². The van der Waals surface area contributed by atoms with E-state index in [0.717, 1.165) is 25.0 Å².